The van der Waals surface area contributed by atoms with Crippen molar-refractivity contribution in [3.63, 3.8) is 0 Å². The Bertz CT molecular complexity index is 763. The minimum atomic E-state index is 0.00288. The molecule has 1 aliphatic rings. The SMILES string of the molecule is COc1cccc(Oc2nccnc2C2CCCN(C(=O)C(C)C)C2)c1. The fourth-order valence-corrected chi connectivity index (χ4v) is 3.24. The van der Waals surface area contributed by atoms with Crippen molar-refractivity contribution >= 4 is 5.91 Å². The number of amides is 1. The molecule has 0 N–H and O–H groups in total. The van der Waals surface area contributed by atoms with Crippen LogP contribution in [0.25, 0.3) is 0 Å². The summed E-state index contributed by atoms with van der Waals surface area (Å²) in [5, 5.41) is 0. The maximum Gasteiger partial charge on any atom is 0.241 e. The second-order valence-corrected chi connectivity index (χ2v) is 6.81. The van der Waals surface area contributed by atoms with Crippen LogP contribution in [0.3, 0.4) is 0 Å². The Balaban J connectivity index is 1.81. The maximum atomic E-state index is 12.4. The highest BCUT2D eigenvalue weighted by Gasteiger charge is 2.29. The Morgan fingerprint density at radius 3 is 2.77 bits per heavy atom. The summed E-state index contributed by atoms with van der Waals surface area (Å²) in [5.41, 5.74) is 0.802. The van der Waals surface area contributed by atoms with Crippen LogP contribution in [0.15, 0.2) is 36.7 Å². The van der Waals surface area contributed by atoms with Crippen molar-refractivity contribution in [1.82, 2.24) is 14.9 Å². The second-order valence-electron chi connectivity index (χ2n) is 6.81. The number of hydrogen-bond acceptors (Lipinski definition) is 5. The van der Waals surface area contributed by atoms with E-state index in [9.17, 15) is 4.79 Å². The van der Waals surface area contributed by atoms with E-state index in [1.165, 1.54) is 0 Å². The van der Waals surface area contributed by atoms with Crippen LogP contribution in [0.2, 0.25) is 0 Å². The van der Waals surface area contributed by atoms with Crippen LogP contribution in [0.4, 0.5) is 0 Å². The third-order valence-corrected chi connectivity index (χ3v) is 4.56. The van der Waals surface area contributed by atoms with Crippen LogP contribution >= 0.6 is 0 Å². The van der Waals surface area contributed by atoms with Gasteiger partial charge in [-0.25, -0.2) is 4.98 Å². The molecule has 2 aromatic rings. The van der Waals surface area contributed by atoms with Crippen molar-refractivity contribution in [3.8, 4) is 17.4 Å². The first-order valence-electron chi connectivity index (χ1n) is 9.00. The largest absolute Gasteiger partial charge is 0.497 e. The number of nitrogens with zero attached hydrogens (tertiary/aromatic N) is 3. The van der Waals surface area contributed by atoms with E-state index < -0.39 is 0 Å². The van der Waals surface area contributed by atoms with Gasteiger partial charge < -0.3 is 14.4 Å². The van der Waals surface area contributed by atoms with Gasteiger partial charge in [-0.05, 0) is 25.0 Å². The van der Waals surface area contributed by atoms with Gasteiger partial charge in [0.2, 0.25) is 11.8 Å². The molecule has 6 nitrogen and oxygen atoms in total. The standard InChI is InChI=1S/C20H25N3O3/c1-14(2)20(24)23-11-5-6-15(13-23)18-19(22-10-9-21-18)26-17-8-4-7-16(12-17)25-3/h4,7-10,12,14-15H,5-6,11,13H2,1-3H3. The zero-order valence-corrected chi connectivity index (χ0v) is 15.5. The number of carbonyl (C=O) groups is 1. The molecule has 1 unspecified atom stereocenters. The molecule has 1 amide bonds. The zero-order chi connectivity index (χ0) is 18.5. The van der Waals surface area contributed by atoms with Crippen molar-refractivity contribution in [2.24, 2.45) is 5.92 Å². The molecule has 1 atom stereocenters. The van der Waals surface area contributed by atoms with Crippen molar-refractivity contribution in [1.29, 1.82) is 0 Å². The Kier molecular flexibility index (Phi) is 5.71. The molecule has 1 fully saturated rings. The van der Waals surface area contributed by atoms with E-state index in [0.29, 0.717) is 18.2 Å². The summed E-state index contributed by atoms with van der Waals surface area (Å²) in [6.07, 6.45) is 5.23. The van der Waals surface area contributed by atoms with Crippen molar-refractivity contribution in [2.75, 3.05) is 20.2 Å². The van der Waals surface area contributed by atoms with E-state index in [-0.39, 0.29) is 17.7 Å². The van der Waals surface area contributed by atoms with Gasteiger partial charge in [0, 0.05) is 43.4 Å². The minimum Gasteiger partial charge on any atom is -0.497 e. The van der Waals surface area contributed by atoms with Gasteiger partial charge in [-0.15, -0.1) is 0 Å². The van der Waals surface area contributed by atoms with Crippen LogP contribution < -0.4 is 9.47 Å². The summed E-state index contributed by atoms with van der Waals surface area (Å²) in [6.45, 7) is 5.33. The molecule has 0 radical (unpaired) electrons. The highest BCUT2D eigenvalue weighted by molar-refractivity contribution is 5.78. The van der Waals surface area contributed by atoms with Gasteiger partial charge in [0.15, 0.2) is 0 Å². The molecule has 6 heteroatoms. The summed E-state index contributed by atoms with van der Waals surface area (Å²) in [7, 11) is 1.62. The van der Waals surface area contributed by atoms with Crippen molar-refractivity contribution < 1.29 is 14.3 Å². The van der Waals surface area contributed by atoms with E-state index in [1.807, 2.05) is 43.0 Å². The average Bonchev–Trinajstić information content (AvgIpc) is 2.68. The quantitative estimate of drug-likeness (QED) is 0.819. The first-order chi connectivity index (χ1) is 12.6. The van der Waals surface area contributed by atoms with Crippen LogP contribution in [0.5, 0.6) is 17.4 Å². The maximum absolute atomic E-state index is 12.4. The number of methoxy groups -OCH3 is 1. The lowest BCUT2D eigenvalue weighted by Crippen LogP contribution is -2.41. The Morgan fingerprint density at radius 1 is 1.23 bits per heavy atom. The Hall–Kier alpha value is -2.63. The van der Waals surface area contributed by atoms with E-state index in [1.54, 1.807) is 19.5 Å². The lowest BCUT2D eigenvalue weighted by atomic mass is 9.94. The molecule has 0 spiro atoms. The summed E-state index contributed by atoms with van der Waals surface area (Å²) in [4.78, 5) is 23.2. The molecule has 1 aliphatic heterocycles. The average molecular weight is 355 g/mol. The molecule has 3 rings (SSSR count). The minimum absolute atomic E-state index is 0.00288. The molecule has 0 saturated carbocycles. The Labute approximate surface area is 154 Å². The van der Waals surface area contributed by atoms with Gasteiger partial charge in [0.25, 0.3) is 0 Å². The van der Waals surface area contributed by atoms with Gasteiger partial charge in [-0.1, -0.05) is 19.9 Å². The van der Waals surface area contributed by atoms with Crippen molar-refractivity contribution in [3.05, 3.63) is 42.4 Å². The highest BCUT2D eigenvalue weighted by Crippen LogP contribution is 2.33. The number of piperidine rings is 1. The molecule has 0 aliphatic carbocycles. The molecule has 1 saturated heterocycles. The number of rotatable bonds is 5. The van der Waals surface area contributed by atoms with Crippen molar-refractivity contribution in [2.45, 2.75) is 32.6 Å². The highest BCUT2D eigenvalue weighted by atomic mass is 16.5. The molecule has 0 bridgehead atoms. The molecule has 26 heavy (non-hydrogen) atoms. The number of benzene rings is 1. The van der Waals surface area contributed by atoms with Gasteiger partial charge in [-0.2, -0.15) is 0 Å². The third kappa shape index (κ3) is 4.12. The first kappa shape index (κ1) is 18.2. The van der Waals surface area contributed by atoms with Crippen LogP contribution in [0, 0.1) is 5.92 Å². The normalized spacial score (nSPS) is 17.2. The number of hydrogen-bond donors (Lipinski definition) is 0. The fraction of sp³-hybridized carbons (Fsp3) is 0.450. The lowest BCUT2D eigenvalue weighted by molar-refractivity contribution is -0.135. The molecule has 1 aromatic carbocycles. The van der Waals surface area contributed by atoms with Gasteiger partial charge in [-0.3, -0.25) is 9.78 Å². The van der Waals surface area contributed by atoms with Gasteiger partial charge >= 0.3 is 0 Å². The second kappa shape index (κ2) is 8.17. The van der Waals surface area contributed by atoms with Crippen LogP contribution in [-0.2, 0) is 4.79 Å². The topological polar surface area (TPSA) is 64.6 Å². The molecule has 2 heterocycles. The number of ether oxygens (including phenoxy) is 2. The van der Waals surface area contributed by atoms with E-state index in [4.69, 9.17) is 9.47 Å². The van der Waals surface area contributed by atoms with Gasteiger partial charge in [0.1, 0.15) is 17.2 Å². The zero-order valence-electron chi connectivity index (χ0n) is 15.5. The Morgan fingerprint density at radius 2 is 2.00 bits per heavy atom. The lowest BCUT2D eigenvalue weighted by Gasteiger charge is -2.33. The smallest absolute Gasteiger partial charge is 0.241 e. The number of aromatic nitrogens is 2. The number of carbonyl (C=O) groups excluding carboxylic acids is 1. The summed E-state index contributed by atoms with van der Waals surface area (Å²) >= 11 is 0. The van der Waals surface area contributed by atoms with E-state index in [0.717, 1.165) is 30.8 Å². The van der Waals surface area contributed by atoms with Crippen LogP contribution in [-0.4, -0.2) is 41.0 Å². The summed E-state index contributed by atoms with van der Waals surface area (Å²) < 4.78 is 11.2. The molecular formula is C20H25N3O3. The third-order valence-electron chi connectivity index (χ3n) is 4.56. The fourth-order valence-electron chi connectivity index (χ4n) is 3.24. The molecule has 138 valence electrons. The predicted molar refractivity (Wildman–Crippen MR) is 98.5 cm³/mol. The van der Waals surface area contributed by atoms with Crippen LogP contribution in [0.1, 0.15) is 38.3 Å². The van der Waals surface area contributed by atoms with Gasteiger partial charge in [0.05, 0.1) is 7.11 Å². The summed E-state index contributed by atoms with van der Waals surface area (Å²) in [5.74, 6) is 2.18. The predicted octanol–water partition coefficient (Wildman–Crippen LogP) is 3.64. The molecule has 1 aromatic heterocycles. The first-order valence-corrected chi connectivity index (χ1v) is 9.00. The van der Waals surface area contributed by atoms with E-state index in [2.05, 4.69) is 9.97 Å². The van der Waals surface area contributed by atoms with E-state index >= 15 is 0 Å². The monoisotopic (exact) mass is 355 g/mol. The molecular weight excluding hydrogens is 330 g/mol. The summed E-state index contributed by atoms with van der Waals surface area (Å²) in [6, 6.07) is 7.40. The number of likely N-dealkylation sites (tertiary alicyclic amines) is 1.